The molecule has 3 rings (SSSR count). The van der Waals surface area contributed by atoms with Crippen LogP contribution in [0.2, 0.25) is 0 Å². The fraction of sp³-hybridized carbons (Fsp3) is 0.263. The normalized spacial score (nSPS) is 10.0. The minimum absolute atomic E-state index is 0.187. The molecule has 0 atom stereocenters. The Labute approximate surface area is 155 Å². The Hall–Kier alpha value is -2.67. The fourth-order valence-electron chi connectivity index (χ4n) is 1.97. The molecule has 0 saturated carbocycles. The molecular formula is C19H25N3O3S. The zero-order valence-corrected chi connectivity index (χ0v) is 16.5. The highest BCUT2D eigenvalue weighted by Gasteiger charge is 2.18. The molecule has 6 nitrogen and oxygen atoms in total. The predicted octanol–water partition coefficient (Wildman–Crippen LogP) is 4.90. The second-order valence-electron chi connectivity index (χ2n) is 4.61. The topological polar surface area (TPSA) is 85.1 Å². The van der Waals surface area contributed by atoms with Crippen molar-refractivity contribution in [1.29, 1.82) is 0 Å². The summed E-state index contributed by atoms with van der Waals surface area (Å²) in [5, 5.41) is 3.73. The van der Waals surface area contributed by atoms with Gasteiger partial charge in [-0.3, -0.25) is 4.72 Å². The maximum absolute atomic E-state index is 12.4. The average Bonchev–Trinajstić information content (AvgIpc) is 3.12. The van der Waals surface area contributed by atoms with E-state index in [1.165, 1.54) is 12.1 Å². The summed E-state index contributed by atoms with van der Waals surface area (Å²) in [6.45, 7) is 9.70. The number of rotatable bonds is 4. The van der Waals surface area contributed by atoms with Gasteiger partial charge in [-0.1, -0.05) is 63.2 Å². The van der Waals surface area contributed by atoms with E-state index < -0.39 is 10.0 Å². The third-order valence-corrected chi connectivity index (χ3v) is 4.36. The number of aromatic nitrogens is 2. The summed E-state index contributed by atoms with van der Waals surface area (Å²) in [6, 6.07) is 15.0. The van der Waals surface area contributed by atoms with Crippen LogP contribution in [0.25, 0.3) is 11.5 Å². The Bertz CT molecular complexity index is 891. The van der Waals surface area contributed by atoms with Gasteiger partial charge in [0.05, 0.1) is 16.1 Å². The molecule has 0 saturated heterocycles. The summed E-state index contributed by atoms with van der Waals surface area (Å²) in [7, 11) is -3.68. The van der Waals surface area contributed by atoms with Crippen molar-refractivity contribution in [3.8, 4) is 11.5 Å². The molecule has 3 aromatic rings. The Morgan fingerprint density at radius 1 is 0.885 bits per heavy atom. The molecular weight excluding hydrogens is 350 g/mol. The number of para-hydroxylation sites is 1. The van der Waals surface area contributed by atoms with Gasteiger partial charge in [-0.15, -0.1) is 0 Å². The zero-order valence-electron chi connectivity index (χ0n) is 15.7. The van der Waals surface area contributed by atoms with Crippen molar-refractivity contribution in [3.63, 3.8) is 0 Å². The summed E-state index contributed by atoms with van der Waals surface area (Å²) in [6.07, 6.45) is 0. The molecule has 26 heavy (non-hydrogen) atoms. The van der Waals surface area contributed by atoms with Crippen molar-refractivity contribution in [2.45, 2.75) is 39.5 Å². The highest BCUT2D eigenvalue weighted by atomic mass is 32.2. The molecule has 0 radical (unpaired) electrons. The standard InChI is InChI=1S/C15H13N3O3S.2C2H6/c1-11-16-15(21-17-11)13-9-5-6-10-14(13)18-22(19,20)12-7-3-2-4-8-12;2*1-2/h2-10,18H,1H3;2*1-2H3. The molecule has 140 valence electrons. The van der Waals surface area contributed by atoms with Gasteiger partial charge in [0.2, 0.25) is 0 Å². The average molecular weight is 375 g/mol. The summed E-state index contributed by atoms with van der Waals surface area (Å²) in [4.78, 5) is 4.32. The Kier molecular flexibility index (Phi) is 8.51. The lowest BCUT2D eigenvalue weighted by Crippen LogP contribution is -2.13. The van der Waals surface area contributed by atoms with E-state index in [2.05, 4.69) is 14.9 Å². The lowest BCUT2D eigenvalue weighted by atomic mass is 10.2. The van der Waals surface area contributed by atoms with Gasteiger partial charge in [-0.25, -0.2) is 8.42 Å². The summed E-state index contributed by atoms with van der Waals surface area (Å²) >= 11 is 0. The molecule has 0 bridgehead atoms. The third kappa shape index (κ3) is 5.42. The van der Waals surface area contributed by atoms with Gasteiger partial charge >= 0.3 is 0 Å². The fourth-order valence-corrected chi connectivity index (χ4v) is 3.07. The van der Waals surface area contributed by atoms with Crippen LogP contribution in [0, 0.1) is 6.92 Å². The van der Waals surface area contributed by atoms with Gasteiger partial charge in [0.15, 0.2) is 5.82 Å². The van der Waals surface area contributed by atoms with Gasteiger partial charge in [0.25, 0.3) is 15.9 Å². The van der Waals surface area contributed by atoms with Crippen molar-refractivity contribution < 1.29 is 12.9 Å². The van der Waals surface area contributed by atoms with Crippen LogP contribution in [-0.2, 0) is 10.0 Å². The van der Waals surface area contributed by atoms with Crippen LogP contribution in [0.15, 0.2) is 64.0 Å². The van der Waals surface area contributed by atoms with Crippen molar-refractivity contribution in [2.24, 2.45) is 0 Å². The first-order valence-electron chi connectivity index (χ1n) is 8.54. The van der Waals surface area contributed by atoms with E-state index in [0.717, 1.165) is 0 Å². The largest absolute Gasteiger partial charge is 0.334 e. The molecule has 1 N–H and O–H groups in total. The number of anilines is 1. The number of hydrogen-bond donors (Lipinski definition) is 1. The number of aryl methyl sites for hydroxylation is 1. The van der Waals surface area contributed by atoms with Crippen molar-refractivity contribution in [1.82, 2.24) is 10.1 Å². The van der Waals surface area contributed by atoms with E-state index in [1.54, 1.807) is 49.4 Å². The van der Waals surface area contributed by atoms with E-state index in [0.29, 0.717) is 17.1 Å². The highest BCUT2D eigenvalue weighted by molar-refractivity contribution is 7.92. The second-order valence-corrected chi connectivity index (χ2v) is 6.29. The molecule has 2 aromatic carbocycles. The van der Waals surface area contributed by atoms with E-state index >= 15 is 0 Å². The van der Waals surface area contributed by atoms with E-state index in [4.69, 9.17) is 4.52 Å². The van der Waals surface area contributed by atoms with Gasteiger partial charge < -0.3 is 4.52 Å². The molecule has 0 aliphatic heterocycles. The maximum atomic E-state index is 12.4. The summed E-state index contributed by atoms with van der Waals surface area (Å²) in [5.74, 6) is 0.750. The van der Waals surface area contributed by atoms with E-state index in [-0.39, 0.29) is 10.8 Å². The maximum Gasteiger partial charge on any atom is 0.261 e. The molecule has 0 aliphatic carbocycles. The molecule has 0 fully saturated rings. The third-order valence-electron chi connectivity index (χ3n) is 2.98. The Morgan fingerprint density at radius 2 is 1.46 bits per heavy atom. The quantitative estimate of drug-likeness (QED) is 0.701. The zero-order chi connectivity index (χ0) is 19.6. The molecule has 0 aliphatic rings. The minimum Gasteiger partial charge on any atom is -0.334 e. The van der Waals surface area contributed by atoms with Gasteiger partial charge in [-0.2, -0.15) is 4.98 Å². The molecule has 7 heteroatoms. The van der Waals surface area contributed by atoms with Crippen LogP contribution in [-0.4, -0.2) is 18.6 Å². The van der Waals surface area contributed by atoms with Crippen LogP contribution in [0.4, 0.5) is 5.69 Å². The Balaban J connectivity index is 0.000000791. The molecule has 0 unspecified atom stereocenters. The number of hydrogen-bond acceptors (Lipinski definition) is 5. The van der Waals surface area contributed by atoms with Crippen LogP contribution in [0.3, 0.4) is 0 Å². The lowest BCUT2D eigenvalue weighted by Gasteiger charge is -2.10. The van der Waals surface area contributed by atoms with Gasteiger partial charge in [0.1, 0.15) is 0 Å². The lowest BCUT2D eigenvalue weighted by molar-refractivity contribution is 0.426. The summed E-state index contributed by atoms with van der Waals surface area (Å²) < 4.78 is 32.5. The van der Waals surface area contributed by atoms with Crippen molar-refractivity contribution in [2.75, 3.05) is 4.72 Å². The number of sulfonamides is 1. The predicted molar refractivity (Wildman–Crippen MR) is 104 cm³/mol. The highest BCUT2D eigenvalue weighted by Crippen LogP contribution is 2.28. The summed E-state index contributed by atoms with van der Waals surface area (Å²) in [5.41, 5.74) is 0.914. The number of nitrogens with one attached hydrogen (secondary N) is 1. The monoisotopic (exact) mass is 375 g/mol. The molecule has 1 heterocycles. The van der Waals surface area contributed by atoms with Crippen molar-refractivity contribution in [3.05, 3.63) is 60.4 Å². The van der Waals surface area contributed by atoms with E-state index in [1.807, 2.05) is 27.7 Å². The number of nitrogens with zero attached hydrogens (tertiary/aromatic N) is 2. The first-order chi connectivity index (χ1) is 12.6. The van der Waals surface area contributed by atoms with E-state index in [9.17, 15) is 8.42 Å². The molecule has 1 aromatic heterocycles. The Morgan fingerprint density at radius 3 is 2.04 bits per heavy atom. The van der Waals surface area contributed by atoms with Crippen LogP contribution in [0.5, 0.6) is 0 Å². The van der Waals surface area contributed by atoms with Gasteiger partial charge in [0, 0.05) is 0 Å². The molecule has 0 amide bonds. The van der Waals surface area contributed by atoms with Crippen LogP contribution < -0.4 is 4.72 Å². The number of benzene rings is 2. The van der Waals surface area contributed by atoms with Crippen LogP contribution in [0.1, 0.15) is 33.5 Å². The van der Waals surface area contributed by atoms with Crippen molar-refractivity contribution >= 4 is 15.7 Å². The first kappa shape index (κ1) is 21.4. The SMILES string of the molecule is CC.CC.Cc1noc(-c2ccccc2NS(=O)(=O)c2ccccc2)n1. The first-order valence-corrected chi connectivity index (χ1v) is 10.0. The minimum atomic E-state index is -3.68. The van der Waals surface area contributed by atoms with Crippen LogP contribution >= 0.6 is 0 Å². The second kappa shape index (κ2) is 10.4. The van der Waals surface area contributed by atoms with Gasteiger partial charge in [-0.05, 0) is 31.2 Å². The smallest absolute Gasteiger partial charge is 0.261 e. The molecule has 0 spiro atoms.